The molecule has 0 aromatic heterocycles. The van der Waals surface area contributed by atoms with Crippen LogP contribution in [-0.2, 0) is 9.59 Å². The molecule has 0 bridgehead atoms. The van der Waals surface area contributed by atoms with Crippen molar-refractivity contribution in [2.75, 3.05) is 11.6 Å². The number of rotatable bonds is 4. The molecule has 5 heteroatoms. The minimum atomic E-state index is -0.248. The van der Waals surface area contributed by atoms with Crippen LogP contribution in [0.3, 0.4) is 0 Å². The summed E-state index contributed by atoms with van der Waals surface area (Å²) in [5, 5.41) is 2.97. The average Bonchev–Trinajstić information content (AvgIpc) is 3.04. The summed E-state index contributed by atoms with van der Waals surface area (Å²) in [5.74, 6) is 1.81. The second-order valence-electron chi connectivity index (χ2n) is 4.92. The number of nitrogens with zero attached hydrogens (tertiary/aromatic N) is 1. The highest BCUT2D eigenvalue weighted by Gasteiger charge is 2.41. The van der Waals surface area contributed by atoms with Crippen molar-refractivity contribution in [2.24, 2.45) is 5.92 Å². The first-order valence-electron chi connectivity index (χ1n) is 6.32. The predicted octanol–water partition coefficient (Wildman–Crippen LogP) is 1.21. The third kappa shape index (κ3) is 2.94. The Morgan fingerprint density at radius 3 is 2.76 bits per heavy atom. The van der Waals surface area contributed by atoms with Crippen molar-refractivity contribution in [1.29, 1.82) is 0 Å². The molecule has 2 fully saturated rings. The maximum atomic E-state index is 12.1. The number of carbonyl (C=O) groups excluding carboxylic acids is 2. The summed E-state index contributed by atoms with van der Waals surface area (Å²) in [6.45, 7) is 4.04. The molecule has 1 aliphatic heterocycles. The van der Waals surface area contributed by atoms with Gasteiger partial charge in [-0.3, -0.25) is 9.59 Å². The van der Waals surface area contributed by atoms with Crippen LogP contribution in [0.25, 0.3) is 0 Å². The lowest BCUT2D eigenvalue weighted by Crippen LogP contribution is -2.49. The van der Waals surface area contributed by atoms with Gasteiger partial charge < -0.3 is 10.2 Å². The maximum absolute atomic E-state index is 12.1. The summed E-state index contributed by atoms with van der Waals surface area (Å²) in [6, 6.07) is -0.0620. The van der Waals surface area contributed by atoms with Gasteiger partial charge in [0.1, 0.15) is 6.04 Å². The topological polar surface area (TPSA) is 49.4 Å². The molecule has 0 spiro atoms. The van der Waals surface area contributed by atoms with E-state index in [9.17, 15) is 9.59 Å². The SMILES string of the molecule is CCC(C)NC(=O)C1CSCN1C(=O)C1CC1. The van der Waals surface area contributed by atoms with Gasteiger partial charge in [0.2, 0.25) is 11.8 Å². The summed E-state index contributed by atoms with van der Waals surface area (Å²) in [6.07, 6.45) is 2.92. The highest BCUT2D eigenvalue weighted by Crippen LogP contribution is 2.34. The van der Waals surface area contributed by atoms with Gasteiger partial charge in [-0.15, -0.1) is 11.8 Å². The molecule has 2 atom stereocenters. The minimum Gasteiger partial charge on any atom is -0.352 e. The van der Waals surface area contributed by atoms with Gasteiger partial charge >= 0.3 is 0 Å². The van der Waals surface area contributed by atoms with Crippen molar-refractivity contribution in [3.8, 4) is 0 Å². The summed E-state index contributed by atoms with van der Waals surface area (Å²) in [4.78, 5) is 25.8. The number of hydrogen-bond donors (Lipinski definition) is 1. The average molecular weight is 256 g/mol. The zero-order chi connectivity index (χ0) is 12.4. The normalized spacial score (nSPS) is 25.8. The summed E-state index contributed by atoms with van der Waals surface area (Å²) in [7, 11) is 0. The molecule has 0 aromatic rings. The third-order valence-electron chi connectivity index (χ3n) is 3.40. The highest BCUT2D eigenvalue weighted by molar-refractivity contribution is 7.99. The van der Waals surface area contributed by atoms with Gasteiger partial charge in [-0.1, -0.05) is 6.92 Å². The zero-order valence-corrected chi connectivity index (χ0v) is 11.3. The van der Waals surface area contributed by atoms with Gasteiger partial charge in [-0.25, -0.2) is 0 Å². The van der Waals surface area contributed by atoms with Crippen LogP contribution in [0.5, 0.6) is 0 Å². The molecule has 2 amide bonds. The molecule has 0 radical (unpaired) electrons. The van der Waals surface area contributed by atoms with Gasteiger partial charge in [-0.2, -0.15) is 0 Å². The molecular weight excluding hydrogens is 236 g/mol. The van der Waals surface area contributed by atoms with E-state index in [4.69, 9.17) is 0 Å². The van der Waals surface area contributed by atoms with Gasteiger partial charge in [0.05, 0.1) is 5.88 Å². The van der Waals surface area contributed by atoms with E-state index in [-0.39, 0.29) is 29.8 Å². The lowest BCUT2D eigenvalue weighted by atomic mass is 10.2. The van der Waals surface area contributed by atoms with Crippen molar-refractivity contribution >= 4 is 23.6 Å². The van der Waals surface area contributed by atoms with E-state index in [2.05, 4.69) is 5.32 Å². The van der Waals surface area contributed by atoms with Crippen molar-refractivity contribution in [1.82, 2.24) is 10.2 Å². The molecule has 4 nitrogen and oxygen atoms in total. The monoisotopic (exact) mass is 256 g/mol. The Labute approximate surface area is 106 Å². The van der Waals surface area contributed by atoms with Crippen LogP contribution in [0.4, 0.5) is 0 Å². The number of amides is 2. The quantitative estimate of drug-likeness (QED) is 0.822. The van der Waals surface area contributed by atoms with Crippen molar-refractivity contribution in [2.45, 2.75) is 45.2 Å². The molecule has 1 heterocycles. The predicted molar refractivity (Wildman–Crippen MR) is 68.6 cm³/mol. The third-order valence-corrected chi connectivity index (χ3v) is 4.41. The number of carbonyl (C=O) groups is 2. The molecule has 17 heavy (non-hydrogen) atoms. The lowest BCUT2D eigenvalue weighted by Gasteiger charge is -2.24. The molecule has 1 saturated heterocycles. The van der Waals surface area contributed by atoms with Crippen LogP contribution >= 0.6 is 11.8 Å². The van der Waals surface area contributed by atoms with Crippen molar-refractivity contribution in [3.63, 3.8) is 0 Å². The molecule has 1 aliphatic carbocycles. The molecular formula is C12H20N2O2S. The van der Waals surface area contributed by atoms with Crippen molar-refractivity contribution < 1.29 is 9.59 Å². The molecule has 0 aromatic carbocycles. The van der Waals surface area contributed by atoms with E-state index in [1.54, 1.807) is 16.7 Å². The molecule has 1 N–H and O–H groups in total. The van der Waals surface area contributed by atoms with Gasteiger partial charge in [0.15, 0.2) is 0 Å². The smallest absolute Gasteiger partial charge is 0.243 e. The van der Waals surface area contributed by atoms with Crippen LogP contribution in [0.1, 0.15) is 33.1 Å². The van der Waals surface area contributed by atoms with E-state index >= 15 is 0 Å². The first-order valence-corrected chi connectivity index (χ1v) is 7.47. The molecule has 2 unspecified atom stereocenters. The fraction of sp³-hybridized carbons (Fsp3) is 0.833. The fourth-order valence-electron chi connectivity index (χ4n) is 1.88. The largest absolute Gasteiger partial charge is 0.352 e. The first kappa shape index (κ1) is 12.7. The summed E-state index contributed by atoms with van der Waals surface area (Å²) < 4.78 is 0. The second kappa shape index (κ2) is 5.29. The maximum Gasteiger partial charge on any atom is 0.243 e. The van der Waals surface area contributed by atoms with Crippen LogP contribution < -0.4 is 5.32 Å². The summed E-state index contributed by atoms with van der Waals surface area (Å²) in [5.41, 5.74) is 0. The van der Waals surface area contributed by atoms with Crippen LogP contribution in [0.2, 0.25) is 0 Å². The fourth-order valence-corrected chi connectivity index (χ4v) is 3.05. The Morgan fingerprint density at radius 2 is 2.18 bits per heavy atom. The number of thioether (sulfide) groups is 1. The van der Waals surface area contributed by atoms with Gasteiger partial charge in [0.25, 0.3) is 0 Å². The van der Waals surface area contributed by atoms with Crippen LogP contribution in [0, 0.1) is 5.92 Å². The highest BCUT2D eigenvalue weighted by atomic mass is 32.2. The van der Waals surface area contributed by atoms with Crippen molar-refractivity contribution in [3.05, 3.63) is 0 Å². The zero-order valence-electron chi connectivity index (χ0n) is 10.4. The lowest BCUT2D eigenvalue weighted by molar-refractivity contribution is -0.139. The Bertz CT molecular complexity index is 318. The molecule has 1 saturated carbocycles. The Hall–Kier alpha value is -0.710. The molecule has 96 valence electrons. The minimum absolute atomic E-state index is 0.0124. The van der Waals surface area contributed by atoms with Crippen LogP contribution in [-0.4, -0.2) is 40.4 Å². The van der Waals surface area contributed by atoms with E-state index < -0.39 is 0 Å². The van der Waals surface area contributed by atoms with E-state index in [1.165, 1.54) is 0 Å². The standard InChI is InChI=1S/C12H20N2O2S/c1-3-8(2)13-11(15)10-6-17-7-14(10)12(16)9-4-5-9/h8-10H,3-7H2,1-2H3,(H,13,15). The first-order chi connectivity index (χ1) is 8.13. The molecule has 2 rings (SSSR count). The van der Waals surface area contributed by atoms with Gasteiger partial charge in [0, 0.05) is 17.7 Å². The molecule has 2 aliphatic rings. The van der Waals surface area contributed by atoms with Gasteiger partial charge in [-0.05, 0) is 26.2 Å². The van der Waals surface area contributed by atoms with Crippen LogP contribution in [0.15, 0.2) is 0 Å². The second-order valence-corrected chi connectivity index (χ2v) is 5.92. The Kier molecular flexibility index (Phi) is 3.97. The van der Waals surface area contributed by atoms with E-state index in [1.807, 2.05) is 13.8 Å². The number of hydrogen-bond acceptors (Lipinski definition) is 3. The van der Waals surface area contributed by atoms with E-state index in [0.29, 0.717) is 5.88 Å². The summed E-state index contributed by atoms with van der Waals surface area (Å²) >= 11 is 1.67. The number of nitrogens with one attached hydrogen (secondary N) is 1. The van der Waals surface area contributed by atoms with E-state index in [0.717, 1.165) is 25.0 Å². The Balaban J connectivity index is 1.93. The Morgan fingerprint density at radius 1 is 1.47 bits per heavy atom.